The van der Waals surface area contributed by atoms with Crippen LogP contribution >= 0.6 is 0 Å². The van der Waals surface area contributed by atoms with Crippen LogP contribution in [-0.2, 0) is 9.53 Å². The summed E-state index contributed by atoms with van der Waals surface area (Å²) in [6.45, 7) is 9.73. The Hall–Kier alpha value is -1.09. The Morgan fingerprint density at radius 1 is 1.50 bits per heavy atom. The van der Waals surface area contributed by atoms with E-state index < -0.39 is 5.97 Å². The number of aliphatic carboxylic acids is 1. The molecule has 0 saturated carbocycles. The van der Waals surface area contributed by atoms with Gasteiger partial charge in [0.15, 0.2) is 0 Å². The number of carbonyl (C=O) groups is 1. The van der Waals surface area contributed by atoms with Crippen molar-refractivity contribution in [1.82, 2.24) is 0 Å². The smallest absolute Gasteiger partial charge is 0.331 e. The zero-order valence-corrected chi connectivity index (χ0v) is 7.30. The van der Waals surface area contributed by atoms with E-state index in [1.807, 2.05) is 6.92 Å². The molecule has 0 aliphatic carbocycles. The molecule has 3 nitrogen and oxygen atoms in total. The van der Waals surface area contributed by atoms with E-state index in [0.717, 1.165) is 5.57 Å². The zero-order chi connectivity index (χ0) is 9.56. The average Bonchev–Trinajstić information content (AvgIpc) is 1.97. The van der Waals surface area contributed by atoms with Gasteiger partial charge < -0.3 is 9.84 Å². The molecule has 1 N–H and O–H groups in total. The summed E-state index contributed by atoms with van der Waals surface area (Å²) >= 11 is 0. The van der Waals surface area contributed by atoms with Gasteiger partial charge in [-0.2, -0.15) is 0 Å². The van der Waals surface area contributed by atoms with Crippen molar-refractivity contribution in [3.63, 3.8) is 0 Å². The summed E-state index contributed by atoms with van der Waals surface area (Å²) in [5.41, 5.74) is 1.10. The molecule has 0 rings (SSSR count). The first-order chi connectivity index (χ1) is 5.54. The van der Waals surface area contributed by atoms with Crippen LogP contribution in [0.5, 0.6) is 0 Å². The Morgan fingerprint density at radius 3 is 2.50 bits per heavy atom. The maximum atomic E-state index is 10.3. The second-order valence-corrected chi connectivity index (χ2v) is 2.67. The van der Waals surface area contributed by atoms with E-state index in [4.69, 9.17) is 9.84 Å². The highest BCUT2D eigenvalue weighted by atomic mass is 16.5. The standard InChI is InChI=1S/C9H14O3/c1-7(2)6-12-5-4-8(3)9(10)11/h1,3-6H2,2H3,(H,10,11). The summed E-state index contributed by atoms with van der Waals surface area (Å²) in [7, 11) is 0. The Bertz CT molecular complexity index is 194. The van der Waals surface area contributed by atoms with Crippen LogP contribution in [0.15, 0.2) is 24.3 Å². The molecule has 0 atom stereocenters. The first kappa shape index (κ1) is 10.9. The average molecular weight is 170 g/mol. The molecule has 3 heteroatoms. The first-order valence-electron chi connectivity index (χ1n) is 3.67. The molecule has 0 aliphatic rings. The number of carboxylic acids is 1. The Labute approximate surface area is 72.3 Å². The number of ether oxygens (including phenoxy) is 1. The van der Waals surface area contributed by atoms with E-state index in [0.29, 0.717) is 19.6 Å². The second-order valence-electron chi connectivity index (χ2n) is 2.67. The van der Waals surface area contributed by atoms with Gasteiger partial charge in [0.2, 0.25) is 0 Å². The highest BCUT2D eigenvalue weighted by Gasteiger charge is 2.02. The lowest BCUT2D eigenvalue weighted by Gasteiger charge is -2.02. The molecular formula is C9H14O3. The van der Waals surface area contributed by atoms with Crippen molar-refractivity contribution in [2.75, 3.05) is 13.2 Å². The topological polar surface area (TPSA) is 46.5 Å². The van der Waals surface area contributed by atoms with E-state index in [-0.39, 0.29) is 5.57 Å². The molecule has 0 amide bonds. The van der Waals surface area contributed by atoms with Crippen LogP contribution in [-0.4, -0.2) is 24.3 Å². The summed E-state index contributed by atoms with van der Waals surface area (Å²) in [4.78, 5) is 10.3. The lowest BCUT2D eigenvalue weighted by molar-refractivity contribution is -0.132. The van der Waals surface area contributed by atoms with Crippen LogP contribution in [0.1, 0.15) is 13.3 Å². The maximum absolute atomic E-state index is 10.3. The van der Waals surface area contributed by atoms with Gasteiger partial charge in [-0.05, 0) is 6.92 Å². The first-order valence-corrected chi connectivity index (χ1v) is 3.67. The van der Waals surface area contributed by atoms with E-state index in [9.17, 15) is 4.79 Å². The van der Waals surface area contributed by atoms with Crippen LogP contribution in [0.25, 0.3) is 0 Å². The van der Waals surface area contributed by atoms with Crippen LogP contribution in [0, 0.1) is 0 Å². The van der Waals surface area contributed by atoms with Crippen molar-refractivity contribution in [2.45, 2.75) is 13.3 Å². The van der Waals surface area contributed by atoms with Crippen molar-refractivity contribution < 1.29 is 14.6 Å². The second kappa shape index (κ2) is 5.55. The third-order valence-corrected chi connectivity index (χ3v) is 1.20. The van der Waals surface area contributed by atoms with Crippen molar-refractivity contribution in [3.05, 3.63) is 24.3 Å². The Morgan fingerprint density at radius 2 is 2.08 bits per heavy atom. The maximum Gasteiger partial charge on any atom is 0.331 e. The molecule has 12 heavy (non-hydrogen) atoms. The lowest BCUT2D eigenvalue weighted by atomic mass is 10.2. The molecule has 68 valence electrons. The van der Waals surface area contributed by atoms with Crippen LogP contribution < -0.4 is 0 Å². The normalized spacial score (nSPS) is 9.42. The van der Waals surface area contributed by atoms with Crippen molar-refractivity contribution in [3.8, 4) is 0 Å². The molecule has 0 unspecified atom stereocenters. The summed E-state index contributed by atoms with van der Waals surface area (Å²) in [6, 6.07) is 0. The minimum absolute atomic E-state index is 0.178. The molecule has 0 spiro atoms. The minimum atomic E-state index is -0.964. The molecule has 0 fully saturated rings. The van der Waals surface area contributed by atoms with Gasteiger partial charge in [0.1, 0.15) is 0 Å². The number of hydrogen-bond donors (Lipinski definition) is 1. The summed E-state index contributed by atoms with van der Waals surface area (Å²) in [6.07, 6.45) is 0.364. The molecular weight excluding hydrogens is 156 g/mol. The Balaban J connectivity index is 3.38. The molecule has 0 aliphatic heterocycles. The summed E-state index contributed by atoms with van der Waals surface area (Å²) in [5, 5.41) is 8.42. The molecule has 0 aromatic carbocycles. The fourth-order valence-corrected chi connectivity index (χ4v) is 0.549. The molecule has 0 aromatic rings. The Kier molecular flexibility index (Phi) is 5.04. The van der Waals surface area contributed by atoms with E-state index in [2.05, 4.69) is 13.2 Å². The van der Waals surface area contributed by atoms with Gasteiger partial charge in [-0.1, -0.05) is 18.7 Å². The van der Waals surface area contributed by atoms with Gasteiger partial charge in [0, 0.05) is 12.0 Å². The third kappa shape index (κ3) is 5.68. The lowest BCUT2D eigenvalue weighted by Crippen LogP contribution is -2.04. The summed E-state index contributed by atoms with van der Waals surface area (Å²) < 4.78 is 5.09. The highest BCUT2D eigenvalue weighted by molar-refractivity contribution is 5.85. The van der Waals surface area contributed by atoms with Crippen molar-refractivity contribution >= 4 is 5.97 Å². The molecule has 0 bridgehead atoms. The van der Waals surface area contributed by atoms with Crippen LogP contribution in [0.4, 0.5) is 0 Å². The quantitative estimate of drug-likeness (QED) is 0.374. The number of hydrogen-bond acceptors (Lipinski definition) is 2. The zero-order valence-electron chi connectivity index (χ0n) is 7.30. The van der Waals surface area contributed by atoms with E-state index >= 15 is 0 Å². The largest absolute Gasteiger partial charge is 0.478 e. The van der Waals surface area contributed by atoms with Crippen molar-refractivity contribution in [2.24, 2.45) is 0 Å². The fourth-order valence-electron chi connectivity index (χ4n) is 0.549. The number of carboxylic acid groups (broad SMARTS) is 1. The van der Waals surface area contributed by atoms with E-state index in [1.165, 1.54) is 0 Å². The van der Waals surface area contributed by atoms with Gasteiger partial charge in [-0.3, -0.25) is 0 Å². The predicted molar refractivity (Wildman–Crippen MR) is 47.0 cm³/mol. The van der Waals surface area contributed by atoms with E-state index in [1.54, 1.807) is 0 Å². The monoisotopic (exact) mass is 170 g/mol. The molecule has 0 saturated heterocycles. The molecule has 0 aromatic heterocycles. The minimum Gasteiger partial charge on any atom is -0.478 e. The molecule has 0 heterocycles. The van der Waals surface area contributed by atoms with Gasteiger partial charge in [0.25, 0.3) is 0 Å². The predicted octanol–water partition coefficient (Wildman–Crippen LogP) is 1.61. The van der Waals surface area contributed by atoms with Gasteiger partial charge in [-0.25, -0.2) is 4.79 Å². The third-order valence-electron chi connectivity index (χ3n) is 1.20. The van der Waals surface area contributed by atoms with Gasteiger partial charge in [0.05, 0.1) is 13.2 Å². The fraction of sp³-hybridized carbons (Fsp3) is 0.444. The SMILES string of the molecule is C=C(C)COCCC(=C)C(=O)O. The van der Waals surface area contributed by atoms with Crippen LogP contribution in [0.2, 0.25) is 0 Å². The van der Waals surface area contributed by atoms with Gasteiger partial charge in [-0.15, -0.1) is 0 Å². The van der Waals surface area contributed by atoms with Crippen molar-refractivity contribution in [1.29, 1.82) is 0 Å². The summed E-state index contributed by atoms with van der Waals surface area (Å²) in [5.74, 6) is -0.964. The molecule has 0 radical (unpaired) electrons. The number of rotatable bonds is 6. The van der Waals surface area contributed by atoms with Gasteiger partial charge >= 0.3 is 5.97 Å². The van der Waals surface area contributed by atoms with Crippen LogP contribution in [0.3, 0.4) is 0 Å². The highest BCUT2D eigenvalue weighted by Crippen LogP contribution is 1.98.